The molecule has 0 heterocycles. The van der Waals surface area contributed by atoms with Crippen LogP contribution < -0.4 is 0 Å². The van der Waals surface area contributed by atoms with Gasteiger partial charge in [0.2, 0.25) is 0 Å². The molecule has 22 heavy (non-hydrogen) atoms. The highest BCUT2D eigenvalue weighted by Gasteiger charge is 2.21. The van der Waals surface area contributed by atoms with Crippen molar-refractivity contribution in [1.82, 2.24) is 0 Å². The van der Waals surface area contributed by atoms with Crippen LogP contribution in [0.25, 0.3) is 0 Å². The molecule has 0 nitrogen and oxygen atoms in total. The van der Waals surface area contributed by atoms with Gasteiger partial charge in [-0.15, -0.1) is 0 Å². The van der Waals surface area contributed by atoms with Gasteiger partial charge >= 0.3 is 0 Å². The molecule has 2 aromatic rings. The zero-order valence-corrected chi connectivity index (χ0v) is 10.6. The summed E-state index contributed by atoms with van der Waals surface area (Å²) in [6.07, 6.45) is -1.16. The van der Waals surface area contributed by atoms with Gasteiger partial charge in [0, 0.05) is 0 Å². The fourth-order valence-corrected chi connectivity index (χ4v) is 1.88. The molecule has 0 unspecified atom stereocenters. The van der Waals surface area contributed by atoms with Crippen LogP contribution in [0.2, 0.25) is 0 Å². The molecule has 2 rings (SSSR count). The van der Waals surface area contributed by atoms with Crippen LogP contribution in [-0.2, 0) is 12.8 Å². The summed E-state index contributed by atoms with van der Waals surface area (Å²) in [5.74, 6) is -14.8. The van der Waals surface area contributed by atoms with Crippen molar-refractivity contribution < 1.29 is 35.1 Å². The molecule has 0 saturated carbocycles. The fourth-order valence-electron chi connectivity index (χ4n) is 1.88. The Kier molecular flexibility index (Phi) is 4.39. The molecular weight excluding hydrogens is 320 g/mol. The van der Waals surface area contributed by atoms with Gasteiger partial charge in [-0.2, -0.15) is 0 Å². The smallest absolute Gasteiger partial charge is 0.197 e. The Labute approximate surface area is 119 Å². The number of benzene rings is 2. The topological polar surface area (TPSA) is 0 Å². The molecule has 0 saturated heterocycles. The van der Waals surface area contributed by atoms with E-state index < -0.39 is 70.5 Å². The molecule has 0 atom stereocenters. The highest BCUT2D eigenvalue weighted by atomic mass is 19.2. The predicted molar refractivity (Wildman–Crippen MR) is 60.0 cm³/mol. The van der Waals surface area contributed by atoms with Crippen molar-refractivity contribution >= 4 is 0 Å². The van der Waals surface area contributed by atoms with Crippen molar-refractivity contribution in [2.75, 3.05) is 0 Å². The van der Waals surface area contributed by atoms with Crippen LogP contribution in [0.4, 0.5) is 35.1 Å². The van der Waals surface area contributed by atoms with Gasteiger partial charge in [0.05, 0.1) is 0 Å². The van der Waals surface area contributed by atoms with Gasteiger partial charge in [-0.25, -0.2) is 35.1 Å². The van der Waals surface area contributed by atoms with Crippen molar-refractivity contribution in [1.29, 1.82) is 0 Å². The van der Waals surface area contributed by atoms with Crippen molar-refractivity contribution in [2.24, 2.45) is 0 Å². The van der Waals surface area contributed by atoms with Crippen molar-refractivity contribution in [3.05, 3.63) is 69.8 Å². The highest BCUT2D eigenvalue weighted by molar-refractivity contribution is 5.26. The largest absolute Gasteiger partial charge is 0.204 e. The Balaban J connectivity index is 2.32. The zero-order valence-electron chi connectivity index (χ0n) is 10.6. The monoisotopic (exact) mass is 326 g/mol. The molecule has 0 fully saturated rings. The minimum atomic E-state index is -2.05. The van der Waals surface area contributed by atoms with Gasteiger partial charge in [-0.3, -0.25) is 0 Å². The molecule has 0 spiro atoms. The van der Waals surface area contributed by atoms with E-state index in [1.54, 1.807) is 0 Å². The number of hydrogen-bond donors (Lipinski definition) is 0. The van der Waals surface area contributed by atoms with Crippen LogP contribution in [0.3, 0.4) is 0 Å². The molecule has 0 bridgehead atoms. The van der Waals surface area contributed by atoms with Gasteiger partial charge in [-0.1, -0.05) is 0 Å². The summed E-state index contributed by atoms with van der Waals surface area (Å²) in [6.45, 7) is 0. The van der Waals surface area contributed by atoms with E-state index >= 15 is 0 Å². The van der Waals surface area contributed by atoms with Gasteiger partial charge in [0.15, 0.2) is 46.5 Å². The third-order valence-corrected chi connectivity index (χ3v) is 3.02. The quantitative estimate of drug-likeness (QED) is 0.440. The van der Waals surface area contributed by atoms with E-state index in [1.807, 2.05) is 0 Å². The maximum atomic E-state index is 13.4. The van der Waals surface area contributed by atoms with E-state index in [2.05, 4.69) is 0 Å². The van der Waals surface area contributed by atoms with Crippen molar-refractivity contribution in [3.63, 3.8) is 0 Å². The maximum Gasteiger partial charge on any atom is 0.197 e. The van der Waals surface area contributed by atoms with Crippen LogP contribution in [0.15, 0.2) is 12.1 Å². The van der Waals surface area contributed by atoms with E-state index in [1.165, 1.54) is 0 Å². The normalized spacial score (nSPS) is 11.1. The van der Waals surface area contributed by atoms with Crippen LogP contribution in [0.1, 0.15) is 11.1 Å². The molecule has 0 aromatic heterocycles. The lowest BCUT2D eigenvalue weighted by molar-refractivity contribution is 0.400. The first-order chi connectivity index (χ1) is 10.2. The Morgan fingerprint density at radius 3 is 1.09 bits per heavy atom. The minimum absolute atomic E-state index is 0.349. The number of halogens is 8. The molecule has 8 heteroatoms. The van der Waals surface area contributed by atoms with E-state index in [0.29, 0.717) is 12.1 Å². The Morgan fingerprint density at radius 2 is 0.773 bits per heavy atom. The van der Waals surface area contributed by atoms with Crippen LogP contribution >= 0.6 is 0 Å². The SMILES string of the molecule is Fc1cc(CCc2cc(F)c(F)c(F)c2F)c(F)c(F)c1F. The fraction of sp³-hybridized carbons (Fsp3) is 0.143. The Bertz CT molecular complexity index is 675. The minimum Gasteiger partial charge on any atom is -0.204 e. The average Bonchev–Trinajstić information content (AvgIpc) is 2.49. The number of hydrogen-bond acceptors (Lipinski definition) is 0. The molecule has 0 aliphatic heterocycles. The number of aryl methyl sites for hydroxylation is 2. The van der Waals surface area contributed by atoms with Crippen LogP contribution in [0.5, 0.6) is 0 Å². The summed E-state index contributed by atoms with van der Waals surface area (Å²) in [7, 11) is 0. The third-order valence-electron chi connectivity index (χ3n) is 3.02. The van der Waals surface area contributed by atoms with Crippen molar-refractivity contribution in [3.8, 4) is 0 Å². The van der Waals surface area contributed by atoms with E-state index in [-0.39, 0.29) is 0 Å². The standard InChI is InChI=1S/C14H6F8/c15-7-3-5(9(17)13(21)11(7)19)1-2-6-4-8(16)12(20)14(22)10(6)18/h3-4H,1-2H2. The second-order valence-corrected chi connectivity index (χ2v) is 4.42. The summed E-state index contributed by atoms with van der Waals surface area (Å²) >= 11 is 0. The molecule has 0 radical (unpaired) electrons. The predicted octanol–water partition coefficient (Wildman–Crippen LogP) is 4.58. The Morgan fingerprint density at radius 1 is 0.455 bits per heavy atom. The second-order valence-electron chi connectivity index (χ2n) is 4.42. The van der Waals surface area contributed by atoms with E-state index in [4.69, 9.17) is 0 Å². The Hall–Kier alpha value is -2.12. The molecule has 0 aliphatic carbocycles. The summed E-state index contributed by atoms with van der Waals surface area (Å²) in [6, 6.07) is 0.698. The van der Waals surface area contributed by atoms with Crippen LogP contribution in [0, 0.1) is 46.5 Å². The summed E-state index contributed by atoms with van der Waals surface area (Å²) in [5.41, 5.74) is -1.30. The van der Waals surface area contributed by atoms with Gasteiger partial charge in [-0.05, 0) is 36.1 Å². The summed E-state index contributed by atoms with van der Waals surface area (Å²) in [4.78, 5) is 0. The third kappa shape index (κ3) is 2.77. The molecule has 0 amide bonds. The maximum absolute atomic E-state index is 13.4. The summed E-state index contributed by atoms with van der Waals surface area (Å²) in [5, 5.41) is 0. The van der Waals surface area contributed by atoms with Crippen molar-refractivity contribution in [2.45, 2.75) is 12.8 Å². The molecule has 0 aliphatic rings. The lowest BCUT2D eigenvalue weighted by atomic mass is 10.0. The molecular formula is C14H6F8. The lowest BCUT2D eigenvalue weighted by Crippen LogP contribution is -2.06. The molecule has 118 valence electrons. The first-order valence-corrected chi connectivity index (χ1v) is 5.87. The highest BCUT2D eigenvalue weighted by Crippen LogP contribution is 2.23. The second kappa shape index (κ2) is 5.94. The van der Waals surface area contributed by atoms with Crippen LogP contribution in [-0.4, -0.2) is 0 Å². The number of rotatable bonds is 3. The summed E-state index contributed by atoms with van der Waals surface area (Å²) < 4.78 is 104. The van der Waals surface area contributed by atoms with Gasteiger partial charge < -0.3 is 0 Å². The molecule has 0 N–H and O–H groups in total. The molecule has 2 aromatic carbocycles. The first-order valence-electron chi connectivity index (χ1n) is 5.87. The van der Waals surface area contributed by atoms with E-state index in [0.717, 1.165) is 0 Å². The van der Waals surface area contributed by atoms with Gasteiger partial charge in [0.1, 0.15) is 0 Å². The average molecular weight is 326 g/mol. The van der Waals surface area contributed by atoms with Gasteiger partial charge in [0.25, 0.3) is 0 Å². The lowest BCUT2D eigenvalue weighted by Gasteiger charge is -2.08. The zero-order chi connectivity index (χ0) is 16.6. The van der Waals surface area contributed by atoms with E-state index in [9.17, 15) is 35.1 Å². The first kappa shape index (κ1) is 16.3.